The molecule has 1 aliphatic heterocycles. The summed E-state index contributed by atoms with van der Waals surface area (Å²) in [5, 5.41) is 9.12. The van der Waals surface area contributed by atoms with E-state index in [1.54, 1.807) is 0 Å². The van der Waals surface area contributed by atoms with Crippen LogP contribution in [0.4, 0.5) is 0 Å². The molecule has 3 atom stereocenters. The van der Waals surface area contributed by atoms with Crippen LogP contribution in [0, 0.1) is 5.92 Å². The molecule has 0 saturated carbocycles. The second-order valence-electron chi connectivity index (χ2n) is 4.96. The quantitative estimate of drug-likeness (QED) is 0.785. The van der Waals surface area contributed by atoms with E-state index in [4.69, 9.17) is 10.8 Å². The Morgan fingerprint density at radius 3 is 2.56 bits per heavy atom. The van der Waals surface area contributed by atoms with Gasteiger partial charge in [0.05, 0.1) is 5.37 Å². The van der Waals surface area contributed by atoms with Crippen molar-refractivity contribution in [3.05, 3.63) is 0 Å². The van der Waals surface area contributed by atoms with Gasteiger partial charge in [0.25, 0.3) is 0 Å². The monoisotopic (exact) mass is 274 g/mol. The van der Waals surface area contributed by atoms with Crippen LogP contribution in [0.1, 0.15) is 33.6 Å². The topological polar surface area (TPSA) is 83.6 Å². The fraction of sp³-hybridized carbons (Fsp3) is 0.833. The number of nitrogens with zero attached hydrogens (tertiary/aromatic N) is 1. The van der Waals surface area contributed by atoms with Gasteiger partial charge in [-0.05, 0) is 12.3 Å². The van der Waals surface area contributed by atoms with Crippen LogP contribution < -0.4 is 5.73 Å². The van der Waals surface area contributed by atoms with Gasteiger partial charge in [0.1, 0.15) is 6.04 Å². The number of carboxylic acid groups (broad SMARTS) is 1. The SMILES string of the molecule is CCC1SCC(C(=O)O)N1C(=O)CC(N)C(C)C. The van der Waals surface area contributed by atoms with Crippen molar-refractivity contribution in [1.82, 2.24) is 4.90 Å². The first-order valence-corrected chi connectivity index (χ1v) is 7.34. The van der Waals surface area contributed by atoms with E-state index >= 15 is 0 Å². The number of nitrogens with two attached hydrogens (primary N) is 1. The zero-order chi connectivity index (χ0) is 13.9. The molecule has 0 radical (unpaired) electrons. The molecule has 0 aromatic rings. The maximum atomic E-state index is 12.2. The van der Waals surface area contributed by atoms with E-state index in [0.29, 0.717) is 5.75 Å². The Hall–Kier alpha value is -0.750. The summed E-state index contributed by atoms with van der Waals surface area (Å²) in [7, 11) is 0. The third-order valence-electron chi connectivity index (χ3n) is 3.28. The standard InChI is InChI=1S/C12H22N2O3S/c1-4-11-14(9(6-18-11)12(16)17)10(15)5-8(13)7(2)3/h7-9,11H,4-6,13H2,1-3H3,(H,16,17). The molecule has 0 bridgehead atoms. The molecule has 1 heterocycles. The van der Waals surface area contributed by atoms with E-state index in [1.807, 2.05) is 20.8 Å². The molecule has 3 unspecified atom stereocenters. The van der Waals surface area contributed by atoms with Crippen LogP contribution in [0.25, 0.3) is 0 Å². The first kappa shape index (κ1) is 15.3. The third-order valence-corrected chi connectivity index (χ3v) is 4.73. The summed E-state index contributed by atoms with van der Waals surface area (Å²) in [6.45, 7) is 5.88. The highest BCUT2D eigenvalue weighted by atomic mass is 32.2. The Balaban J connectivity index is 2.75. The number of hydrogen-bond donors (Lipinski definition) is 2. The van der Waals surface area contributed by atoms with Crippen molar-refractivity contribution in [3.8, 4) is 0 Å². The minimum absolute atomic E-state index is 0.0297. The summed E-state index contributed by atoms with van der Waals surface area (Å²) in [6, 6.07) is -0.915. The molecule has 5 nitrogen and oxygen atoms in total. The second-order valence-corrected chi connectivity index (χ2v) is 6.17. The number of carbonyl (C=O) groups excluding carboxylic acids is 1. The fourth-order valence-electron chi connectivity index (χ4n) is 1.95. The van der Waals surface area contributed by atoms with Crippen LogP contribution in [-0.4, -0.2) is 45.1 Å². The van der Waals surface area contributed by atoms with Crippen molar-refractivity contribution in [2.75, 3.05) is 5.75 Å². The largest absolute Gasteiger partial charge is 0.480 e. The first-order valence-electron chi connectivity index (χ1n) is 6.29. The van der Waals surface area contributed by atoms with E-state index in [9.17, 15) is 9.59 Å². The van der Waals surface area contributed by atoms with Gasteiger partial charge < -0.3 is 15.7 Å². The molecule has 1 rings (SSSR count). The smallest absolute Gasteiger partial charge is 0.327 e. The molecule has 0 spiro atoms. The lowest BCUT2D eigenvalue weighted by atomic mass is 10.0. The summed E-state index contributed by atoms with van der Waals surface area (Å²) < 4.78 is 0. The van der Waals surface area contributed by atoms with Gasteiger partial charge in [-0.1, -0.05) is 20.8 Å². The van der Waals surface area contributed by atoms with Crippen LogP contribution in [0.15, 0.2) is 0 Å². The highest BCUT2D eigenvalue weighted by Crippen LogP contribution is 2.32. The Labute approximate surface area is 112 Å². The lowest BCUT2D eigenvalue weighted by Gasteiger charge is -2.28. The number of aliphatic carboxylic acids is 1. The van der Waals surface area contributed by atoms with Crippen LogP contribution in [0.5, 0.6) is 0 Å². The van der Waals surface area contributed by atoms with Gasteiger partial charge in [-0.2, -0.15) is 0 Å². The summed E-state index contributed by atoms with van der Waals surface area (Å²) in [4.78, 5) is 24.9. The lowest BCUT2D eigenvalue weighted by Crippen LogP contribution is -2.47. The zero-order valence-electron chi connectivity index (χ0n) is 11.1. The molecule has 3 N–H and O–H groups in total. The predicted octanol–water partition coefficient (Wildman–Crippen LogP) is 1.12. The molecular weight excluding hydrogens is 252 g/mol. The summed E-state index contributed by atoms with van der Waals surface area (Å²) in [6.07, 6.45) is 0.982. The van der Waals surface area contributed by atoms with Gasteiger partial charge in [0, 0.05) is 18.2 Å². The Morgan fingerprint density at radius 1 is 1.50 bits per heavy atom. The Kier molecular flexibility index (Phi) is 5.47. The number of amides is 1. The van der Waals surface area contributed by atoms with Crippen molar-refractivity contribution < 1.29 is 14.7 Å². The molecule has 18 heavy (non-hydrogen) atoms. The summed E-state index contributed by atoms with van der Waals surface area (Å²) in [5.41, 5.74) is 5.89. The molecule has 0 aromatic carbocycles. The number of carbonyl (C=O) groups is 2. The van der Waals surface area contributed by atoms with Crippen molar-refractivity contribution in [2.45, 2.75) is 51.1 Å². The van der Waals surface area contributed by atoms with Crippen molar-refractivity contribution in [1.29, 1.82) is 0 Å². The summed E-state index contributed by atoms with van der Waals surface area (Å²) >= 11 is 1.53. The maximum absolute atomic E-state index is 12.2. The van der Waals surface area contributed by atoms with Gasteiger partial charge in [-0.25, -0.2) is 4.79 Å². The minimum atomic E-state index is -0.926. The molecule has 6 heteroatoms. The van der Waals surface area contributed by atoms with Gasteiger partial charge >= 0.3 is 5.97 Å². The van der Waals surface area contributed by atoms with Gasteiger partial charge in [-0.15, -0.1) is 11.8 Å². The van der Waals surface area contributed by atoms with Crippen molar-refractivity contribution in [2.24, 2.45) is 11.7 Å². The molecule has 1 amide bonds. The van der Waals surface area contributed by atoms with Gasteiger partial charge in [0.2, 0.25) is 5.91 Å². The van der Waals surface area contributed by atoms with E-state index in [0.717, 1.165) is 6.42 Å². The molecule has 0 aromatic heterocycles. The summed E-state index contributed by atoms with van der Waals surface area (Å²) in [5.74, 6) is -0.380. The number of carboxylic acids is 1. The molecule has 1 fully saturated rings. The molecule has 1 saturated heterocycles. The predicted molar refractivity (Wildman–Crippen MR) is 72.2 cm³/mol. The maximum Gasteiger partial charge on any atom is 0.327 e. The van der Waals surface area contributed by atoms with Crippen LogP contribution >= 0.6 is 11.8 Å². The average Bonchev–Trinajstić information content (AvgIpc) is 2.72. The highest BCUT2D eigenvalue weighted by Gasteiger charge is 2.40. The number of rotatable bonds is 5. The third kappa shape index (κ3) is 3.38. The number of thioether (sulfide) groups is 1. The van der Waals surface area contributed by atoms with Crippen molar-refractivity contribution >= 4 is 23.6 Å². The lowest BCUT2D eigenvalue weighted by molar-refractivity contribution is -0.149. The van der Waals surface area contributed by atoms with E-state index in [2.05, 4.69) is 0 Å². The Bertz CT molecular complexity index is 322. The van der Waals surface area contributed by atoms with Crippen molar-refractivity contribution in [3.63, 3.8) is 0 Å². The van der Waals surface area contributed by atoms with E-state index < -0.39 is 12.0 Å². The van der Waals surface area contributed by atoms with Gasteiger partial charge in [0.15, 0.2) is 0 Å². The highest BCUT2D eigenvalue weighted by molar-refractivity contribution is 8.00. The van der Waals surface area contributed by atoms with E-state index in [1.165, 1.54) is 16.7 Å². The molecule has 1 aliphatic rings. The van der Waals surface area contributed by atoms with Crippen LogP contribution in [0.2, 0.25) is 0 Å². The first-order chi connectivity index (χ1) is 8.38. The minimum Gasteiger partial charge on any atom is -0.480 e. The second kappa shape index (κ2) is 6.43. The van der Waals surface area contributed by atoms with Crippen LogP contribution in [-0.2, 0) is 9.59 Å². The normalized spacial score (nSPS) is 25.5. The molecular formula is C12H22N2O3S. The zero-order valence-corrected chi connectivity index (χ0v) is 11.9. The Morgan fingerprint density at radius 2 is 2.11 bits per heavy atom. The molecule has 0 aliphatic carbocycles. The number of hydrogen-bond acceptors (Lipinski definition) is 4. The average molecular weight is 274 g/mol. The van der Waals surface area contributed by atoms with Crippen LogP contribution in [0.3, 0.4) is 0 Å². The van der Waals surface area contributed by atoms with Gasteiger partial charge in [-0.3, -0.25) is 4.79 Å². The van der Waals surface area contributed by atoms with E-state index in [-0.39, 0.29) is 29.7 Å². The molecule has 104 valence electrons. The fourth-order valence-corrected chi connectivity index (χ4v) is 3.31.